The van der Waals surface area contributed by atoms with Gasteiger partial charge in [-0.05, 0) is 45.2 Å². The predicted molar refractivity (Wildman–Crippen MR) is 92.8 cm³/mol. The average Bonchev–Trinajstić information content (AvgIpc) is 3.22. The van der Waals surface area contributed by atoms with Crippen LogP contribution < -0.4 is 0 Å². The van der Waals surface area contributed by atoms with E-state index in [1.54, 1.807) is 12.1 Å². The number of likely N-dealkylation sites (tertiary alicyclic amines) is 1. The summed E-state index contributed by atoms with van der Waals surface area (Å²) in [7, 11) is 0. The Morgan fingerprint density at radius 2 is 1.88 bits per heavy atom. The Hall–Kier alpha value is -2.30. The van der Waals surface area contributed by atoms with Crippen LogP contribution in [0.25, 0.3) is 0 Å². The Morgan fingerprint density at radius 3 is 2.52 bits per heavy atom. The molecule has 2 heterocycles. The van der Waals surface area contributed by atoms with E-state index in [1.807, 2.05) is 30.9 Å². The van der Waals surface area contributed by atoms with Crippen molar-refractivity contribution in [3.63, 3.8) is 0 Å². The molecule has 25 heavy (non-hydrogen) atoms. The standard InChI is InChI=1S/C20H22FN3O/c1-13-11-14(2)23-18(22-13)15-7-10-24(12-15)19(25)20(8-9-20)16-5-3-4-6-17(16)21/h3-6,11,15H,7-10,12H2,1-2H3/t15-/m0/s1. The molecule has 0 spiro atoms. The van der Waals surface area contributed by atoms with Gasteiger partial charge in [0, 0.05) is 36.0 Å². The van der Waals surface area contributed by atoms with Gasteiger partial charge >= 0.3 is 0 Å². The van der Waals surface area contributed by atoms with Crippen LogP contribution in [-0.4, -0.2) is 33.9 Å². The normalized spacial score (nSPS) is 21.4. The third kappa shape index (κ3) is 2.81. The molecule has 1 atom stereocenters. The first kappa shape index (κ1) is 16.2. The maximum absolute atomic E-state index is 14.2. The van der Waals surface area contributed by atoms with E-state index >= 15 is 0 Å². The molecule has 1 aromatic heterocycles. The molecule has 5 heteroatoms. The number of hydrogen-bond donors (Lipinski definition) is 0. The van der Waals surface area contributed by atoms with Gasteiger partial charge < -0.3 is 4.90 Å². The molecule has 0 radical (unpaired) electrons. The quantitative estimate of drug-likeness (QED) is 0.862. The second kappa shape index (κ2) is 5.90. The number of hydrogen-bond acceptors (Lipinski definition) is 3. The van der Waals surface area contributed by atoms with E-state index in [4.69, 9.17) is 0 Å². The van der Waals surface area contributed by atoms with Crippen molar-refractivity contribution in [3.8, 4) is 0 Å². The number of amides is 1. The van der Waals surface area contributed by atoms with Crippen molar-refractivity contribution in [2.24, 2.45) is 0 Å². The van der Waals surface area contributed by atoms with Gasteiger partial charge in [0.1, 0.15) is 11.6 Å². The molecule has 4 rings (SSSR count). The van der Waals surface area contributed by atoms with Crippen molar-refractivity contribution < 1.29 is 9.18 Å². The SMILES string of the molecule is Cc1cc(C)nc([C@H]2CCN(C(=O)C3(c4ccccc4F)CC3)C2)n1. The largest absolute Gasteiger partial charge is 0.341 e. The highest BCUT2D eigenvalue weighted by molar-refractivity contribution is 5.91. The second-order valence-corrected chi connectivity index (χ2v) is 7.31. The molecule has 1 aromatic carbocycles. The maximum Gasteiger partial charge on any atom is 0.233 e. The zero-order valence-electron chi connectivity index (χ0n) is 14.6. The molecule has 4 nitrogen and oxygen atoms in total. The van der Waals surface area contributed by atoms with Gasteiger partial charge in [-0.2, -0.15) is 0 Å². The molecule has 130 valence electrons. The Labute approximate surface area is 147 Å². The van der Waals surface area contributed by atoms with Crippen LogP contribution in [0.15, 0.2) is 30.3 Å². The summed E-state index contributed by atoms with van der Waals surface area (Å²) in [6.07, 6.45) is 2.32. The summed E-state index contributed by atoms with van der Waals surface area (Å²) in [4.78, 5) is 24.1. The minimum atomic E-state index is -0.649. The lowest BCUT2D eigenvalue weighted by Crippen LogP contribution is -2.38. The number of nitrogens with zero attached hydrogens (tertiary/aromatic N) is 3. The molecule has 0 bridgehead atoms. The molecule has 1 saturated carbocycles. The van der Waals surface area contributed by atoms with Crippen molar-refractivity contribution in [3.05, 3.63) is 58.9 Å². The van der Waals surface area contributed by atoms with E-state index in [-0.39, 0.29) is 17.6 Å². The van der Waals surface area contributed by atoms with Crippen LogP contribution >= 0.6 is 0 Å². The molecule has 2 aliphatic rings. The van der Waals surface area contributed by atoms with Crippen LogP contribution in [0.3, 0.4) is 0 Å². The minimum absolute atomic E-state index is 0.0597. The Morgan fingerprint density at radius 1 is 1.20 bits per heavy atom. The fraction of sp³-hybridized carbons (Fsp3) is 0.450. The minimum Gasteiger partial charge on any atom is -0.341 e. The fourth-order valence-electron chi connectivity index (χ4n) is 3.97. The van der Waals surface area contributed by atoms with Crippen LogP contribution in [0.1, 0.15) is 48.0 Å². The topological polar surface area (TPSA) is 46.1 Å². The number of benzene rings is 1. The number of aromatic nitrogens is 2. The van der Waals surface area contributed by atoms with E-state index in [2.05, 4.69) is 9.97 Å². The molecule has 0 N–H and O–H groups in total. The fourth-order valence-corrected chi connectivity index (χ4v) is 3.97. The van der Waals surface area contributed by atoms with Crippen LogP contribution in [0.2, 0.25) is 0 Å². The molecular formula is C20H22FN3O. The molecule has 1 aliphatic carbocycles. The van der Waals surface area contributed by atoms with Gasteiger partial charge in [0.05, 0.1) is 5.41 Å². The molecule has 1 saturated heterocycles. The summed E-state index contributed by atoms with van der Waals surface area (Å²) in [6, 6.07) is 8.63. The highest BCUT2D eigenvalue weighted by Gasteiger charge is 2.55. The molecule has 2 aromatic rings. The van der Waals surface area contributed by atoms with Crippen molar-refractivity contribution in [2.45, 2.75) is 44.4 Å². The van der Waals surface area contributed by atoms with E-state index in [1.165, 1.54) is 6.07 Å². The van der Waals surface area contributed by atoms with Gasteiger partial charge in [-0.25, -0.2) is 14.4 Å². The number of carbonyl (C=O) groups is 1. The lowest BCUT2D eigenvalue weighted by atomic mass is 9.94. The first-order valence-electron chi connectivity index (χ1n) is 8.86. The average molecular weight is 339 g/mol. The maximum atomic E-state index is 14.2. The number of aryl methyl sites for hydroxylation is 2. The van der Waals surface area contributed by atoms with Crippen molar-refractivity contribution >= 4 is 5.91 Å². The Balaban J connectivity index is 1.54. The number of rotatable bonds is 3. The monoisotopic (exact) mass is 339 g/mol. The zero-order chi connectivity index (χ0) is 17.6. The highest BCUT2D eigenvalue weighted by atomic mass is 19.1. The van der Waals surface area contributed by atoms with Gasteiger partial charge in [0.2, 0.25) is 5.91 Å². The van der Waals surface area contributed by atoms with E-state index in [9.17, 15) is 9.18 Å². The first-order chi connectivity index (χ1) is 12.0. The van der Waals surface area contributed by atoms with Crippen molar-refractivity contribution in [2.75, 3.05) is 13.1 Å². The Bertz CT molecular complexity index is 811. The molecule has 1 amide bonds. The van der Waals surface area contributed by atoms with Crippen LogP contribution in [0.4, 0.5) is 4.39 Å². The summed E-state index contributed by atoms with van der Waals surface area (Å²) in [5.41, 5.74) is 1.81. The summed E-state index contributed by atoms with van der Waals surface area (Å²) < 4.78 is 14.2. The van der Waals surface area contributed by atoms with Crippen molar-refractivity contribution in [1.82, 2.24) is 14.9 Å². The van der Waals surface area contributed by atoms with Gasteiger partial charge in [-0.3, -0.25) is 4.79 Å². The van der Waals surface area contributed by atoms with Gasteiger partial charge in [-0.1, -0.05) is 18.2 Å². The Kier molecular flexibility index (Phi) is 3.82. The number of halogens is 1. The van der Waals surface area contributed by atoms with Gasteiger partial charge in [0.15, 0.2) is 0 Å². The van der Waals surface area contributed by atoms with E-state index < -0.39 is 5.41 Å². The zero-order valence-corrected chi connectivity index (χ0v) is 14.6. The van der Waals surface area contributed by atoms with E-state index in [0.717, 1.165) is 36.5 Å². The first-order valence-corrected chi connectivity index (χ1v) is 8.86. The van der Waals surface area contributed by atoms with Gasteiger partial charge in [0.25, 0.3) is 0 Å². The third-order valence-corrected chi connectivity index (χ3v) is 5.39. The predicted octanol–water partition coefficient (Wildman–Crippen LogP) is 3.28. The van der Waals surface area contributed by atoms with Crippen molar-refractivity contribution in [1.29, 1.82) is 0 Å². The summed E-state index contributed by atoms with van der Waals surface area (Å²) in [5.74, 6) is 0.772. The number of carbonyl (C=O) groups excluding carboxylic acids is 1. The lowest BCUT2D eigenvalue weighted by Gasteiger charge is -2.24. The lowest BCUT2D eigenvalue weighted by molar-refractivity contribution is -0.133. The third-order valence-electron chi connectivity index (χ3n) is 5.39. The molecule has 0 unspecified atom stereocenters. The van der Waals surface area contributed by atoms with Crippen LogP contribution in [0, 0.1) is 19.7 Å². The van der Waals surface area contributed by atoms with Crippen LogP contribution in [-0.2, 0) is 10.2 Å². The van der Waals surface area contributed by atoms with E-state index in [0.29, 0.717) is 18.7 Å². The van der Waals surface area contributed by atoms with Crippen LogP contribution in [0.5, 0.6) is 0 Å². The second-order valence-electron chi connectivity index (χ2n) is 7.31. The summed E-state index contributed by atoms with van der Waals surface area (Å²) in [5, 5.41) is 0. The summed E-state index contributed by atoms with van der Waals surface area (Å²) in [6.45, 7) is 5.24. The molecule has 1 aliphatic heterocycles. The molecular weight excluding hydrogens is 317 g/mol. The highest BCUT2D eigenvalue weighted by Crippen LogP contribution is 2.51. The smallest absolute Gasteiger partial charge is 0.233 e. The molecule has 2 fully saturated rings. The van der Waals surface area contributed by atoms with Gasteiger partial charge in [-0.15, -0.1) is 0 Å². The summed E-state index contributed by atoms with van der Waals surface area (Å²) >= 11 is 0.